The highest BCUT2D eigenvalue weighted by atomic mass is 32.1. The molecular formula is C31H33N3O6S. The Bertz CT molecular complexity index is 1380. The smallest absolute Gasteiger partial charge is 0.338 e. The van der Waals surface area contributed by atoms with Crippen LogP contribution in [0.25, 0.3) is 0 Å². The van der Waals surface area contributed by atoms with E-state index in [0.29, 0.717) is 47.4 Å². The van der Waals surface area contributed by atoms with Gasteiger partial charge in [0.05, 0.1) is 38.0 Å². The first-order valence-electron chi connectivity index (χ1n) is 13.4. The summed E-state index contributed by atoms with van der Waals surface area (Å²) in [4.78, 5) is 42.1. The lowest BCUT2D eigenvalue weighted by Crippen LogP contribution is -2.39. The minimum atomic E-state index is -0.798. The molecule has 3 aromatic carbocycles. The molecule has 41 heavy (non-hydrogen) atoms. The van der Waals surface area contributed by atoms with Gasteiger partial charge in [0.25, 0.3) is 5.91 Å². The van der Waals surface area contributed by atoms with Crippen molar-refractivity contribution in [2.45, 2.75) is 32.7 Å². The SMILES string of the molecule is CCOC(=O)c1ccc(N2C(=O)C(CC(=O)Nc3ccc(OCC)cc3)N(CCc3ccc(OC)cc3)C2=S)cc1. The lowest BCUT2D eigenvalue weighted by atomic mass is 10.1. The fourth-order valence-electron chi connectivity index (χ4n) is 4.52. The Morgan fingerprint density at radius 3 is 2.17 bits per heavy atom. The summed E-state index contributed by atoms with van der Waals surface area (Å²) >= 11 is 5.77. The van der Waals surface area contributed by atoms with E-state index < -0.39 is 12.0 Å². The van der Waals surface area contributed by atoms with Crippen molar-refractivity contribution < 1.29 is 28.6 Å². The van der Waals surface area contributed by atoms with Gasteiger partial charge in [0.2, 0.25) is 5.91 Å². The predicted octanol–water partition coefficient (Wildman–Crippen LogP) is 4.84. The molecule has 1 heterocycles. The van der Waals surface area contributed by atoms with E-state index in [0.717, 1.165) is 11.3 Å². The van der Waals surface area contributed by atoms with E-state index >= 15 is 0 Å². The number of hydrogen-bond donors (Lipinski definition) is 1. The molecule has 214 valence electrons. The molecule has 1 saturated heterocycles. The molecule has 1 atom stereocenters. The number of benzene rings is 3. The van der Waals surface area contributed by atoms with Gasteiger partial charge in [-0.1, -0.05) is 12.1 Å². The summed E-state index contributed by atoms with van der Waals surface area (Å²) in [6, 6.07) is 20.4. The quantitative estimate of drug-likeness (QED) is 0.242. The number of nitrogens with one attached hydrogen (secondary N) is 1. The van der Waals surface area contributed by atoms with Crippen LogP contribution >= 0.6 is 12.2 Å². The number of nitrogens with zero attached hydrogens (tertiary/aromatic N) is 2. The zero-order valence-corrected chi connectivity index (χ0v) is 24.1. The minimum Gasteiger partial charge on any atom is -0.497 e. The van der Waals surface area contributed by atoms with Crippen LogP contribution in [0.4, 0.5) is 11.4 Å². The van der Waals surface area contributed by atoms with Crippen molar-refractivity contribution in [1.82, 2.24) is 4.90 Å². The number of rotatable bonds is 12. The molecule has 1 aliphatic rings. The fourth-order valence-corrected chi connectivity index (χ4v) is 4.93. The van der Waals surface area contributed by atoms with Crippen molar-refractivity contribution in [3.05, 3.63) is 83.9 Å². The van der Waals surface area contributed by atoms with E-state index in [-0.39, 0.29) is 24.8 Å². The van der Waals surface area contributed by atoms with Gasteiger partial charge < -0.3 is 24.4 Å². The van der Waals surface area contributed by atoms with Crippen molar-refractivity contribution in [3.63, 3.8) is 0 Å². The molecule has 0 aromatic heterocycles. The molecule has 0 radical (unpaired) electrons. The van der Waals surface area contributed by atoms with Gasteiger partial charge in [-0.25, -0.2) is 4.79 Å². The molecule has 1 N–H and O–H groups in total. The summed E-state index contributed by atoms with van der Waals surface area (Å²) in [6.45, 7) is 4.87. The van der Waals surface area contributed by atoms with E-state index in [4.69, 9.17) is 26.4 Å². The van der Waals surface area contributed by atoms with Crippen molar-refractivity contribution in [1.29, 1.82) is 0 Å². The van der Waals surface area contributed by atoms with Gasteiger partial charge in [0.1, 0.15) is 17.5 Å². The summed E-state index contributed by atoms with van der Waals surface area (Å²) in [6.07, 6.45) is 0.510. The molecule has 10 heteroatoms. The molecule has 2 amide bonds. The zero-order valence-electron chi connectivity index (χ0n) is 23.3. The first-order chi connectivity index (χ1) is 19.8. The maximum Gasteiger partial charge on any atom is 0.338 e. The maximum absolute atomic E-state index is 13.7. The average Bonchev–Trinajstić information content (AvgIpc) is 3.21. The standard InChI is InChI=1S/C31H33N3O6S/c1-4-39-26-16-10-23(11-17-26)32-28(35)20-27-29(36)34(24-12-8-22(9-13-24)30(37)40-5-2)31(41)33(27)19-18-21-6-14-25(38-3)15-7-21/h6-17,27H,4-5,18-20H2,1-3H3,(H,32,35). The van der Waals surface area contributed by atoms with Gasteiger partial charge in [-0.2, -0.15) is 0 Å². The molecule has 0 saturated carbocycles. The highest BCUT2D eigenvalue weighted by Gasteiger charge is 2.44. The average molecular weight is 576 g/mol. The largest absolute Gasteiger partial charge is 0.497 e. The normalized spacial score (nSPS) is 14.7. The number of hydrogen-bond acceptors (Lipinski definition) is 7. The highest BCUT2D eigenvalue weighted by Crippen LogP contribution is 2.28. The third kappa shape index (κ3) is 7.20. The Kier molecular flexibility index (Phi) is 9.91. The van der Waals surface area contributed by atoms with Crippen LogP contribution < -0.4 is 19.7 Å². The van der Waals surface area contributed by atoms with Crippen molar-refractivity contribution in [3.8, 4) is 11.5 Å². The van der Waals surface area contributed by atoms with Crippen LogP contribution in [0.2, 0.25) is 0 Å². The summed E-state index contributed by atoms with van der Waals surface area (Å²) < 4.78 is 15.8. The topological polar surface area (TPSA) is 97.4 Å². The summed E-state index contributed by atoms with van der Waals surface area (Å²) in [5.41, 5.74) is 2.52. The molecular weight excluding hydrogens is 542 g/mol. The van der Waals surface area contributed by atoms with Crippen LogP contribution in [0.5, 0.6) is 11.5 Å². The predicted molar refractivity (Wildman–Crippen MR) is 161 cm³/mol. The Labute approximate surface area is 245 Å². The zero-order chi connectivity index (χ0) is 29.4. The number of amides is 2. The summed E-state index contributed by atoms with van der Waals surface area (Å²) in [5.74, 6) is 0.386. The molecule has 4 rings (SSSR count). The Balaban J connectivity index is 1.53. The van der Waals surface area contributed by atoms with Crippen LogP contribution in [0.1, 0.15) is 36.2 Å². The Hall–Kier alpha value is -4.44. The van der Waals surface area contributed by atoms with E-state index in [2.05, 4.69) is 5.32 Å². The number of thiocarbonyl (C=S) groups is 1. The molecule has 0 bridgehead atoms. The van der Waals surface area contributed by atoms with Crippen LogP contribution in [0.3, 0.4) is 0 Å². The highest BCUT2D eigenvalue weighted by molar-refractivity contribution is 7.80. The van der Waals surface area contributed by atoms with Crippen LogP contribution in [0.15, 0.2) is 72.8 Å². The van der Waals surface area contributed by atoms with Gasteiger partial charge >= 0.3 is 5.97 Å². The Morgan fingerprint density at radius 2 is 1.56 bits per heavy atom. The molecule has 1 aliphatic heterocycles. The second kappa shape index (κ2) is 13.8. The van der Waals surface area contributed by atoms with Gasteiger partial charge in [0.15, 0.2) is 5.11 Å². The molecule has 0 aliphatic carbocycles. The van der Waals surface area contributed by atoms with Crippen LogP contribution in [-0.4, -0.2) is 60.7 Å². The van der Waals surface area contributed by atoms with Gasteiger partial charge in [0, 0.05) is 12.2 Å². The van der Waals surface area contributed by atoms with Crippen LogP contribution in [-0.2, 0) is 20.7 Å². The maximum atomic E-state index is 13.7. The van der Waals surface area contributed by atoms with Crippen molar-refractivity contribution in [2.75, 3.05) is 37.1 Å². The van der Waals surface area contributed by atoms with Gasteiger partial charge in [-0.15, -0.1) is 0 Å². The first-order valence-corrected chi connectivity index (χ1v) is 13.8. The van der Waals surface area contributed by atoms with E-state index in [9.17, 15) is 14.4 Å². The van der Waals surface area contributed by atoms with Crippen molar-refractivity contribution >= 4 is 46.5 Å². The number of esters is 1. The first kappa shape index (κ1) is 29.5. The molecule has 1 fully saturated rings. The number of ether oxygens (including phenoxy) is 3. The molecule has 3 aromatic rings. The van der Waals surface area contributed by atoms with Crippen molar-refractivity contribution in [2.24, 2.45) is 0 Å². The second-order valence-corrected chi connectivity index (χ2v) is 9.61. The number of anilines is 2. The third-order valence-electron chi connectivity index (χ3n) is 6.58. The number of carbonyl (C=O) groups is 3. The molecule has 0 spiro atoms. The van der Waals surface area contributed by atoms with E-state index in [1.807, 2.05) is 31.2 Å². The number of carbonyl (C=O) groups excluding carboxylic acids is 3. The minimum absolute atomic E-state index is 0.0911. The van der Waals surface area contributed by atoms with Gasteiger partial charge in [-0.05, 0) is 98.7 Å². The monoisotopic (exact) mass is 575 g/mol. The third-order valence-corrected chi connectivity index (χ3v) is 7.00. The molecule has 1 unspecified atom stereocenters. The van der Waals surface area contributed by atoms with E-state index in [1.165, 1.54) is 4.90 Å². The fraction of sp³-hybridized carbons (Fsp3) is 0.290. The summed E-state index contributed by atoms with van der Waals surface area (Å²) in [5, 5.41) is 3.16. The number of methoxy groups -OCH3 is 1. The van der Waals surface area contributed by atoms with E-state index in [1.54, 1.807) is 67.5 Å². The second-order valence-electron chi connectivity index (χ2n) is 9.24. The summed E-state index contributed by atoms with van der Waals surface area (Å²) in [7, 11) is 1.61. The van der Waals surface area contributed by atoms with Gasteiger partial charge in [-0.3, -0.25) is 14.5 Å². The van der Waals surface area contributed by atoms with Crippen LogP contribution in [0, 0.1) is 0 Å². The molecule has 9 nitrogen and oxygen atoms in total. The lowest BCUT2D eigenvalue weighted by molar-refractivity contribution is -0.124. The lowest BCUT2D eigenvalue weighted by Gasteiger charge is -2.24. The Morgan fingerprint density at radius 1 is 0.902 bits per heavy atom.